The SMILES string of the molecule is CCOC(=O)CCN(C(=O)CCC(=O)c1ccc(Cl)cc1)C(CC)CO. The van der Waals surface area contributed by atoms with E-state index in [1.807, 2.05) is 6.92 Å². The summed E-state index contributed by atoms with van der Waals surface area (Å²) in [6, 6.07) is 6.11. The molecule has 0 saturated carbocycles. The van der Waals surface area contributed by atoms with Crippen molar-refractivity contribution in [2.75, 3.05) is 19.8 Å². The molecular weight excluding hydrogens is 358 g/mol. The lowest BCUT2D eigenvalue weighted by molar-refractivity contribution is -0.144. The number of carbonyl (C=O) groups is 3. The highest BCUT2D eigenvalue weighted by molar-refractivity contribution is 6.30. The number of amides is 1. The van der Waals surface area contributed by atoms with E-state index >= 15 is 0 Å². The van der Waals surface area contributed by atoms with Crippen LogP contribution in [0.5, 0.6) is 0 Å². The van der Waals surface area contributed by atoms with Gasteiger partial charge in [-0.05, 0) is 37.6 Å². The van der Waals surface area contributed by atoms with Gasteiger partial charge in [-0.1, -0.05) is 18.5 Å². The highest BCUT2D eigenvalue weighted by Crippen LogP contribution is 2.14. The van der Waals surface area contributed by atoms with Gasteiger partial charge < -0.3 is 14.7 Å². The summed E-state index contributed by atoms with van der Waals surface area (Å²) in [4.78, 5) is 37.8. The Kier molecular flexibility index (Phi) is 9.91. The maximum atomic E-state index is 12.6. The second-order valence-electron chi connectivity index (χ2n) is 5.82. The lowest BCUT2D eigenvalue weighted by Crippen LogP contribution is -2.43. The Morgan fingerprint density at radius 2 is 1.77 bits per heavy atom. The van der Waals surface area contributed by atoms with E-state index in [2.05, 4.69) is 0 Å². The number of Topliss-reactive ketones (excluding diaryl/α,β-unsaturated/α-hetero) is 1. The van der Waals surface area contributed by atoms with Gasteiger partial charge in [-0.2, -0.15) is 0 Å². The van der Waals surface area contributed by atoms with E-state index in [1.54, 1.807) is 31.2 Å². The number of rotatable bonds is 11. The zero-order chi connectivity index (χ0) is 19.5. The monoisotopic (exact) mass is 383 g/mol. The van der Waals surface area contributed by atoms with E-state index in [0.717, 1.165) is 0 Å². The van der Waals surface area contributed by atoms with E-state index in [0.29, 0.717) is 17.0 Å². The highest BCUT2D eigenvalue weighted by Gasteiger charge is 2.23. The molecule has 26 heavy (non-hydrogen) atoms. The molecule has 0 aliphatic rings. The van der Waals surface area contributed by atoms with Gasteiger partial charge in [-0.25, -0.2) is 0 Å². The molecule has 6 nitrogen and oxygen atoms in total. The van der Waals surface area contributed by atoms with Gasteiger partial charge in [0.05, 0.1) is 25.7 Å². The molecule has 0 saturated heterocycles. The van der Waals surface area contributed by atoms with Crippen LogP contribution in [-0.2, 0) is 14.3 Å². The first-order valence-electron chi connectivity index (χ1n) is 8.77. The van der Waals surface area contributed by atoms with Crippen LogP contribution in [0.3, 0.4) is 0 Å². The molecule has 1 rings (SSSR count). The summed E-state index contributed by atoms with van der Waals surface area (Å²) in [6.45, 7) is 3.80. The zero-order valence-electron chi connectivity index (χ0n) is 15.2. The summed E-state index contributed by atoms with van der Waals surface area (Å²) in [6.07, 6.45) is 0.677. The third kappa shape index (κ3) is 7.14. The summed E-state index contributed by atoms with van der Waals surface area (Å²) in [5.41, 5.74) is 0.495. The maximum Gasteiger partial charge on any atom is 0.307 e. The molecule has 0 fully saturated rings. The third-order valence-electron chi connectivity index (χ3n) is 4.04. The van der Waals surface area contributed by atoms with Gasteiger partial charge in [0, 0.05) is 30.0 Å². The average Bonchev–Trinajstić information content (AvgIpc) is 2.63. The van der Waals surface area contributed by atoms with Crippen molar-refractivity contribution in [3.63, 3.8) is 0 Å². The Labute approximate surface area is 159 Å². The van der Waals surface area contributed by atoms with Crippen molar-refractivity contribution >= 4 is 29.3 Å². The van der Waals surface area contributed by atoms with Crippen molar-refractivity contribution in [3.8, 4) is 0 Å². The van der Waals surface area contributed by atoms with Crippen LogP contribution in [-0.4, -0.2) is 53.5 Å². The van der Waals surface area contributed by atoms with Crippen molar-refractivity contribution in [3.05, 3.63) is 34.9 Å². The fraction of sp³-hybridized carbons (Fsp3) is 0.526. The van der Waals surface area contributed by atoms with Gasteiger partial charge in [0.15, 0.2) is 5.78 Å². The van der Waals surface area contributed by atoms with Gasteiger partial charge in [-0.15, -0.1) is 0 Å². The normalized spacial score (nSPS) is 11.7. The molecule has 144 valence electrons. The number of hydrogen-bond donors (Lipinski definition) is 1. The first kappa shape index (κ1) is 22.1. The van der Waals surface area contributed by atoms with Crippen molar-refractivity contribution in [1.29, 1.82) is 0 Å². The molecule has 0 aliphatic carbocycles. The predicted octanol–water partition coefficient (Wildman–Crippen LogP) is 2.86. The van der Waals surface area contributed by atoms with E-state index in [1.165, 1.54) is 4.90 Å². The quantitative estimate of drug-likeness (QED) is 0.469. The molecule has 7 heteroatoms. The van der Waals surface area contributed by atoms with Crippen molar-refractivity contribution in [2.45, 2.75) is 45.6 Å². The third-order valence-corrected chi connectivity index (χ3v) is 4.29. The zero-order valence-corrected chi connectivity index (χ0v) is 16.0. The van der Waals surface area contributed by atoms with E-state index in [9.17, 15) is 19.5 Å². The van der Waals surface area contributed by atoms with Crippen LogP contribution in [0.15, 0.2) is 24.3 Å². The molecule has 0 aliphatic heterocycles. The van der Waals surface area contributed by atoms with Crippen LogP contribution >= 0.6 is 11.6 Å². The Balaban J connectivity index is 2.67. The molecule has 0 heterocycles. The molecule has 1 aromatic carbocycles. The standard InChI is InChI=1S/C19H26ClNO5/c1-3-16(13-22)21(12-11-19(25)26-4-2)18(24)10-9-17(23)14-5-7-15(20)8-6-14/h5-8,16,22H,3-4,9-13H2,1-2H3. The highest BCUT2D eigenvalue weighted by atomic mass is 35.5. The number of ketones is 1. The van der Waals surface area contributed by atoms with E-state index < -0.39 is 5.97 Å². The molecule has 0 aromatic heterocycles. The van der Waals surface area contributed by atoms with Crippen molar-refractivity contribution in [1.82, 2.24) is 4.90 Å². The minimum atomic E-state index is -0.393. The van der Waals surface area contributed by atoms with Crippen LogP contribution < -0.4 is 0 Å². The summed E-state index contributed by atoms with van der Waals surface area (Å²) in [7, 11) is 0. The second kappa shape index (κ2) is 11.6. The molecule has 0 spiro atoms. The molecule has 1 amide bonds. The molecular formula is C19H26ClNO5. The molecule has 1 unspecified atom stereocenters. The number of aliphatic hydroxyl groups excluding tert-OH is 1. The minimum Gasteiger partial charge on any atom is -0.466 e. The van der Waals surface area contributed by atoms with Gasteiger partial charge in [-0.3, -0.25) is 14.4 Å². The average molecular weight is 384 g/mol. The van der Waals surface area contributed by atoms with Crippen LogP contribution in [0.4, 0.5) is 0 Å². The number of benzene rings is 1. The summed E-state index contributed by atoms with van der Waals surface area (Å²) >= 11 is 5.80. The lowest BCUT2D eigenvalue weighted by Gasteiger charge is -2.29. The smallest absolute Gasteiger partial charge is 0.307 e. The van der Waals surface area contributed by atoms with E-state index in [-0.39, 0.29) is 56.8 Å². The molecule has 1 aromatic rings. The fourth-order valence-electron chi connectivity index (χ4n) is 2.55. The first-order chi connectivity index (χ1) is 12.4. The molecule has 1 N–H and O–H groups in total. The fourth-order valence-corrected chi connectivity index (χ4v) is 2.67. The number of esters is 1. The predicted molar refractivity (Wildman–Crippen MR) is 99.1 cm³/mol. The topological polar surface area (TPSA) is 83.9 Å². The lowest BCUT2D eigenvalue weighted by atomic mass is 10.1. The van der Waals surface area contributed by atoms with Gasteiger partial charge in [0.25, 0.3) is 0 Å². The van der Waals surface area contributed by atoms with Gasteiger partial charge in [0.2, 0.25) is 5.91 Å². The maximum absolute atomic E-state index is 12.6. The van der Waals surface area contributed by atoms with Crippen molar-refractivity contribution < 1.29 is 24.2 Å². The van der Waals surface area contributed by atoms with Crippen LogP contribution in [0.1, 0.15) is 49.9 Å². The number of halogens is 1. The summed E-state index contributed by atoms with van der Waals surface area (Å²) < 4.78 is 4.88. The summed E-state index contributed by atoms with van der Waals surface area (Å²) in [5.74, 6) is -0.815. The molecule has 0 radical (unpaired) electrons. The number of ether oxygens (including phenoxy) is 1. The van der Waals surface area contributed by atoms with Gasteiger partial charge in [0.1, 0.15) is 0 Å². The van der Waals surface area contributed by atoms with Crippen molar-refractivity contribution in [2.24, 2.45) is 0 Å². The molecule has 0 bridgehead atoms. The number of nitrogens with zero attached hydrogens (tertiary/aromatic N) is 1. The van der Waals surface area contributed by atoms with E-state index in [4.69, 9.17) is 16.3 Å². The van der Waals surface area contributed by atoms with Crippen LogP contribution in [0.2, 0.25) is 5.02 Å². The van der Waals surface area contributed by atoms with Crippen LogP contribution in [0.25, 0.3) is 0 Å². The Bertz CT molecular complexity index is 598. The number of carbonyl (C=O) groups excluding carboxylic acids is 3. The van der Waals surface area contributed by atoms with Crippen LogP contribution in [0, 0.1) is 0 Å². The first-order valence-corrected chi connectivity index (χ1v) is 9.15. The number of aliphatic hydroxyl groups is 1. The molecule has 1 atom stereocenters. The summed E-state index contributed by atoms with van der Waals surface area (Å²) in [5, 5.41) is 10.0. The Morgan fingerprint density at radius 1 is 1.12 bits per heavy atom. The van der Waals surface area contributed by atoms with Gasteiger partial charge >= 0.3 is 5.97 Å². The largest absolute Gasteiger partial charge is 0.466 e. The minimum absolute atomic E-state index is 0.0147. The second-order valence-corrected chi connectivity index (χ2v) is 6.25. The number of hydrogen-bond acceptors (Lipinski definition) is 5. The Hall–Kier alpha value is -1.92. The Morgan fingerprint density at radius 3 is 2.31 bits per heavy atom.